The lowest BCUT2D eigenvalue weighted by atomic mass is 9.79. The minimum atomic E-state index is 0.0958. The van der Waals surface area contributed by atoms with Crippen LogP contribution in [0.15, 0.2) is 60.7 Å². The maximum Gasteiger partial charge on any atom is 0.120 e. The number of anilines is 1. The molecule has 0 saturated carbocycles. The molecule has 0 heterocycles. The van der Waals surface area contributed by atoms with Gasteiger partial charge in [0.05, 0.1) is 13.7 Å². The Morgan fingerprint density at radius 3 is 2.49 bits per heavy atom. The summed E-state index contributed by atoms with van der Waals surface area (Å²) in [5.41, 5.74) is 7.64. The Morgan fingerprint density at radius 1 is 0.943 bits per heavy atom. The Kier molecular flexibility index (Phi) is 8.70. The maximum atomic E-state index is 9.93. The number of aromatic hydroxyl groups is 1. The highest BCUT2D eigenvalue weighted by Crippen LogP contribution is 2.40. The van der Waals surface area contributed by atoms with Crippen LogP contribution in [-0.4, -0.2) is 30.5 Å². The summed E-state index contributed by atoms with van der Waals surface area (Å²) in [6.07, 6.45) is 7.84. The van der Waals surface area contributed by atoms with Crippen molar-refractivity contribution in [3.05, 3.63) is 88.5 Å². The van der Waals surface area contributed by atoms with E-state index in [1.54, 1.807) is 13.2 Å². The van der Waals surface area contributed by atoms with E-state index in [9.17, 15) is 10.2 Å². The largest absolute Gasteiger partial charge is 0.508 e. The van der Waals surface area contributed by atoms with Crippen molar-refractivity contribution in [1.29, 1.82) is 0 Å². The van der Waals surface area contributed by atoms with Crippen LogP contribution >= 0.6 is 0 Å². The molecule has 4 nitrogen and oxygen atoms in total. The Hall–Kier alpha value is -2.98. The first-order chi connectivity index (χ1) is 17.1. The standard InChI is InChI=1S/C31H39NO3/c1-3-4-5-6-23-7-9-24(10-8-23)22-32(17-18-33)31-21-29(35-2)15-16-30(31)27-12-11-26-20-28(34)14-13-25(26)19-27/h7-10,13-16,20-21,27,33-34H,3-6,11-12,17-19,22H2,1-2H3/t27-/m1/s1. The fourth-order valence-electron chi connectivity index (χ4n) is 5.29. The molecular formula is C31H39NO3. The monoisotopic (exact) mass is 473 g/mol. The van der Waals surface area contributed by atoms with Gasteiger partial charge >= 0.3 is 0 Å². The predicted molar refractivity (Wildman–Crippen MR) is 144 cm³/mol. The van der Waals surface area contributed by atoms with Gasteiger partial charge in [0, 0.05) is 24.8 Å². The summed E-state index contributed by atoms with van der Waals surface area (Å²) in [6, 6.07) is 21.1. The van der Waals surface area contributed by atoms with Gasteiger partial charge in [-0.2, -0.15) is 0 Å². The molecule has 1 aliphatic rings. The number of benzene rings is 3. The lowest BCUT2D eigenvalue weighted by Crippen LogP contribution is -2.28. The zero-order valence-electron chi connectivity index (χ0n) is 21.2. The molecule has 4 rings (SSSR count). The van der Waals surface area contributed by atoms with Crippen molar-refractivity contribution in [3.8, 4) is 11.5 Å². The number of aliphatic hydroxyl groups is 1. The highest BCUT2D eigenvalue weighted by atomic mass is 16.5. The van der Waals surface area contributed by atoms with Crippen LogP contribution in [0.3, 0.4) is 0 Å². The van der Waals surface area contributed by atoms with Gasteiger partial charge in [-0.25, -0.2) is 0 Å². The van der Waals surface area contributed by atoms with Crippen LogP contribution in [0.2, 0.25) is 0 Å². The molecule has 0 unspecified atom stereocenters. The van der Waals surface area contributed by atoms with E-state index >= 15 is 0 Å². The SMILES string of the molecule is CCCCCc1ccc(CN(CCO)c2cc(OC)ccc2[C@@H]2CCc3cc(O)ccc3C2)cc1. The average molecular weight is 474 g/mol. The molecule has 0 bridgehead atoms. The van der Waals surface area contributed by atoms with Crippen molar-refractivity contribution in [2.24, 2.45) is 0 Å². The molecule has 186 valence electrons. The van der Waals surface area contributed by atoms with E-state index in [0.717, 1.165) is 43.7 Å². The summed E-state index contributed by atoms with van der Waals surface area (Å²) in [5.74, 6) is 1.56. The van der Waals surface area contributed by atoms with E-state index in [2.05, 4.69) is 54.3 Å². The highest BCUT2D eigenvalue weighted by Gasteiger charge is 2.25. The lowest BCUT2D eigenvalue weighted by Gasteiger charge is -2.32. The molecule has 35 heavy (non-hydrogen) atoms. The minimum absolute atomic E-state index is 0.0958. The Bertz CT molecular complexity index is 1090. The van der Waals surface area contributed by atoms with E-state index in [0.29, 0.717) is 18.2 Å². The second-order valence-corrected chi connectivity index (χ2v) is 9.74. The van der Waals surface area contributed by atoms with Crippen LogP contribution in [-0.2, 0) is 25.8 Å². The van der Waals surface area contributed by atoms with Gasteiger partial charge in [0.25, 0.3) is 0 Å². The quantitative estimate of drug-likeness (QED) is 0.316. The predicted octanol–water partition coefficient (Wildman–Crippen LogP) is 6.40. The van der Waals surface area contributed by atoms with Gasteiger partial charge in [-0.1, -0.05) is 56.2 Å². The van der Waals surface area contributed by atoms with Crippen molar-refractivity contribution in [2.75, 3.05) is 25.2 Å². The van der Waals surface area contributed by atoms with Gasteiger partial charge in [0.2, 0.25) is 0 Å². The number of phenols is 1. The van der Waals surface area contributed by atoms with E-state index in [-0.39, 0.29) is 6.61 Å². The normalized spacial score (nSPS) is 15.0. The summed E-state index contributed by atoms with van der Waals surface area (Å²) >= 11 is 0. The number of methoxy groups -OCH3 is 1. The first kappa shape index (κ1) is 25.1. The minimum Gasteiger partial charge on any atom is -0.508 e. The van der Waals surface area contributed by atoms with Crippen LogP contribution in [0.4, 0.5) is 5.69 Å². The number of rotatable bonds is 11. The second-order valence-electron chi connectivity index (χ2n) is 9.74. The van der Waals surface area contributed by atoms with Gasteiger partial charge in [-0.3, -0.25) is 0 Å². The van der Waals surface area contributed by atoms with Crippen LogP contribution in [0.5, 0.6) is 11.5 Å². The molecular weight excluding hydrogens is 434 g/mol. The van der Waals surface area contributed by atoms with E-state index in [1.165, 1.54) is 47.1 Å². The number of phenolic OH excluding ortho intramolecular Hbond substituents is 1. The fraction of sp³-hybridized carbons (Fsp3) is 0.419. The topological polar surface area (TPSA) is 52.9 Å². The Morgan fingerprint density at radius 2 is 1.74 bits per heavy atom. The molecule has 0 fully saturated rings. The number of unbranched alkanes of at least 4 members (excludes halogenated alkanes) is 2. The lowest BCUT2D eigenvalue weighted by molar-refractivity contribution is 0.301. The average Bonchev–Trinajstić information content (AvgIpc) is 2.89. The van der Waals surface area contributed by atoms with Gasteiger partial charge in [0.15, 0.2) is 0 Å². The van der Waals surface area contributed by atoms with Gasteiger partial charge < -0.3 is 19.8 Å². The van der Waals surface area contributed by atoms with Crippen LogP contribution in [0.25, 0.3) is 0 Å². The third-order valence-corrected chi connectivity index (χ3v) is 7.27. The number of aryl methyl sites for hydroxylation is 2. The summed E-state index contributed by atoms with van der Waals surface area (Å²) in [4.78, 5) is 2.29. The number of hydrogen-bond donors (Lipinski definition) is 2. The first-order valence-electron chi connectivity index (χ1n) is 13.0. The third-order valence-electron chi connectivity index (χ3n) is 7.27. The molecule has 3 aromatic rings. The fourth-order valence-corrected chi connectivity index (χ4v) is 5.29. The van der Waals surface area contributed by atoms with Crippen LogP contribution in [0.1, 0.15) is 66.3 Å². The van der Waals surface area contributed by atoms with Crippen LogP contribution < -0.4 is 9.64 Å². The molecule has 0 spiro atoms. The zero-order chi connectivity index (χ0) is 24.6. The van der Waals surface area contributed by atoms with E-state index in [1.807, 2.05) is 12.1 Å². The summed E-state index contributed by atoms with van der Waals surface area (Å²) in [7, 11) is 1.70. The van der Waals surface area contributed by atoms with Gasteiger partial charge in [-0.15, -0.1) is 0 Å². The number of aliphatic hydroxyl groups excluding tert-OH is 1. The van der Waals surface area contributed by atoms with E-state index < -0.39 is 0 Å². The molecule has 1 aliphatic carbocycles. The van der Waals surface area contributed by atoms with Crippen molar-refractivity contribution in [2.45, 2.75) is 64.3 Å². The van der Waals surface area contributed by atoms with Crippen molar-refractivity contribution >= 4 is 5.69 Å². The molecule has 1 atom stereocenters. The molecule has 3 aromatic carbocycles. The molecule has 4 heteroatoms. The third kappa shape index (κ3) is 6.37. The number of ether oxygens (including phenoxy) is 1. The molecule has 0 aromatic heterocycles. The van der Waals surface area contributed by atoms with E-state index in [4.69, 9.17) is 4.74 Å². The smallest absolute Gasteiger partial charge is 0.120 e. The second kappa shape index (κ2) is 12.1. The first-order valence-corrected chi connectivity index (χ1v) is 13.0. The molecule has 0 radical (unpaired) electrons. The summed E-state index contributed by atoms with van der Waals surface area (Å²) in [6.45, 7) is 3.64. The van der Waals surface area contributed by atoms with Crippen molar-refractivity contribution in [3.63, 3.8) is 0 Å². The molecule has 2 N–H and O–H groups in total. The maximum absolute atomic E-state index is 9.93. The Labute approximate surface area is 210 Å². The van der Waals surface area contributed by atoms with Crippen LogP contribution in [0, 0.1) is 0 Å². The highest BCUT2D eigenvalue weighted by molar-refractivity contribution is 5.60. The molecule has 0 amide bonds. The number of fused-ring (bicyclic) bond motifs is 1. The van der Waals surface area contributed by atoms with Crippen molar-refractivity contribution in [1.82, 2.24) is 0 Å². The molecule has 0 aliphatic heterocycles. The molecule has 0 saturated heterocycles. The summed E-state index contributed by atoms with van der Waals surface area (Å²) in [5, 5.41) is 19.8. The Balaban J connectivity index is 1.58. The van der Waals surface area contributed by atoms with Gasteiger partial charge in [0.1, 0.15) is 11.5 Å². The van der Waals surface area contributed by atoms with Crippen molar-refractivity contribution < 1.29 is 14.9 Å². The zero-order valence-corrected chi connectivity index (χ0v) is 21.2. The van der Waals surface area contributed by atoms with Gasteiger partial charge in [-0.05, 0) is 84.0 Å². The number of hydrogen-bond acceptors (Lipinski definition) is 4. The number of nitrogens with zero attached hydrogens (tertiary/aromatic N) is 1. The summed E-state index contributed by atoms with van der Waals surface area (Å²) < 4.78 is 5.59.